The van der Waals surface area contributed by atoms with E-state index in [9.17, 15) is 14.4 Å². The van der Waals surface area contributed by atoms with Crippen LogP contribution in [-0.2, 0) is 28.6 Å². The Morgan fingerprint density at radius 2 is 1.58 bits per heavy atom. The molecule has 0 bridgehead atoms. The van der Waals surface area contributed by atoms with Crippen molar-refractivity contribution in [2.45, 2.75) is 19.9 Å². The van der Waals surface area contributed by atoms with Gasteiger partial charge in [-0.15, -0.1) is 0 Å². The lowest BCUT2D eigenvalue weighted by Crippen LogP contribution is -2.37. The zero-order valence-corrected chi connectivity index (χ0v) is 11.3. The zero-order valence-electron chi connectivity index (χ0n) is 11.3. The summed E-state index contributed by atoms with van der Waals surface area (Å²) in [5, 5.41) is 0. The molecule has 0 heterocycles. The second-order valence-electron chi connectivity index (χ2n) is 3.96. The lowest BCUT2D eigenvalue weighted by Gasteiger charge is -2.14. The zero-order chi connectivity index (χ0) is 14.8. The lowest BCUT2D eigenvalue weighted by molar-refractivity contribution is -0.151. The number of methoxy groups -OCH3 is 1. The van der Waals surface area contributed by atoms with Gasteiger partial charge in [-0.3, -0.25) is 4.79 Å². The monoisotopic (exact) mass is 273 g/mol. The molecule has 1 atom stereocenters. The molecule has 0 aromatic heterocycles. The molecule has 0 aliphatic heterocycles. The Morgan fingerprint density at radius 1 is 1.05 bits per heavy atom. The summed E-state index contributed by atoms with van der Waals surface area (Å²) in [6, 6.07) is -0.699. The van der Waals surface area contributed by atoms with Crippen molar-refractivity contribution in [3.8, 4) is 0 Å². The Labute approximate surface area is 111 Å². The van der Waals surface area contributed by atoms with E-state index in [1.165, 1.54) is 7.11 Å². The number of hydrogen-bond donors (Lipinski definition) is 1. The van der Waals surface area contributed by atoms with Gasteiger partial charge in [-0.2, -0.15) is 0 Å². The molecule has 7 nitrogen and oxygen atoms in total. The lowest BCUT2D eigenvalue weighted by atomic mass is 10.1. The number of ether oxygens (including phenoxy) is 3. The van der Waals surface area contributed by atoms with E-state index in [0.29, 0.717) is 0 Å². The third-order valence-electron chi connectivity index (χ3n) is 2.12. The predicted molar refractivity (Wildman–Crippen MR) is 65.9 cm³/mol. The Bertz CT molecular complexity index is 350. The molecular weight excluding hydrogens is 254 g/mol. The molecule has 0 aliphatic rings. The number of carbonyl (C=O) groups is 3. The predicted octanol–water partition coefficient (Wildman–Crippen LogP) is -0.215. The van der Waals surface area contributed by atoms with Crippen molar-refractivity contribution in [1.29, 1.82) is 0 Å². The molecular formula is C12H19NO6. The molecule has 0 aromatic rings. The molecule has 0 aliphatic carbocycles. The van der Waals surface area contributed by atoms with E-state index in [2.05, 4.69) is 9.47 Å². The van der Waals surface area contributed by atoms with Crippen LogP contribution in [0.1, 0.15) is 13.8 Å². The van der Waals surface area contributed by atoms with E-state index in [-0.39, 0.29) is 19.1 Å². The summed E-state index contributed by atoms with van der Waals surface area (Å²) in [5.74, 6) is -1.96. The fourth-order valence-corrected chi connectivity index (χ4v) is 0.905. The van der Waals surface area contributed by atoms with Gasteiger partial charge in [0.15, 0.2) is 0 Å². The van der Waals surface area contributed by atoms with Gasteiger partial charge in [0.2, 0.25) is 0 Å². The van der Waals surface area contributed by atoms with Crippen LogP contribution in [0.4, 0.5) is 0 Å². The molecule has 108 valence electrons. The Kier molecular flexibility index (Phi) is 8.19. The van der Waals surface area contributed by atoms with E-state index in [1.54, 1.807) is 13.8 Å². The van der Waals surface area contributed by atoms with Crippen molar-refractivity contribution >= 4 is 17.9 Å². The van der Waals surface area contributed by atoms with Crippen molar-refractivity contribution < 1.29 is 28.6 Å². The standard InChI is InChI=1S/C12H19NO6/c1-8(2)11(13)12(16)19-7-6-18-10(15)5-4-9(14)17-3/h4-5,8,11H,6-7,13H2,1-3H3/t11-/m0/s1. The minimum absolute atomic E-state index is 0.0296. The first kappa shape index (κ1) is 17.1. The average molecular weight is 273 g/mol. The minimum Gasteiger partial charge on any atom is -0.466 e. The highest BCUT2D eigenvalue weighted by Crippen LogP contribution is 2.00. The molecule has 0 rings (SSSR count). The molecule has 0 saturated carbocycles. The van der Waals surface area contributed by atoms with Crippen LogP contribution in [0.5, 0.6) is 0 Å². The molecule has 0 saturated heterocycles. The van der Waals surface area contributed by atoms with E-state index in [1.807, 2.05) is 0 Å². The van der Waals surface area contributed by atoms with E-state index in [0.717, 1.165) is 12.2 Å². The Morgan fingerprint density at radius 3 is 2.11 bits per heavy atom. The van der Waals surface area contributed by atoms with Crippen LogP contribution in [0.2, 0.25) is 0 Å². The average Bonchev–Trinajstić information content (AvgIpc) is 2.39. The number of hydrogen-bond acceptors (Lipinski definition) is 7. The summed E-state index contributed by atoms with van der Waals surface area (Å²) in [7, 11) is 1.19. The van der Waals surface area contributed by atoms with Crippen LogP contribution in [0.25, 0.3) is 0 Å². The summed E-state index contributed by atoms with van der Waals surface area (Å²) in [4.78, 5) is 33.1. The third-order valence-corrected chi connectivity index (χ3v) is 2.12. The van der Waals surface area contributed by atoms with Crippen molar-refractivity contribution in [2.75, 3.05) is 20.3 Å². The molecule has 0 radical (unpaired) electrons. The maximum atomic E-state index is 11.3. The summed E-state index contributed by atoms with van der Waals surface area (Å²) in [6.07, 6.45) is 1.86. The van der Waals surface area contributed by atoms with Gasteiger partial charge in [0.05, 0.1) is 7.11 Å². The molecule has 2 N–H and O–H groups in total. The van der Waals surface area contributed by atoms with Crippen LogP contribution in [0.15, 0.2) is 12.2 Å². The third kappa shape index (κ3) is 7.93. The normalized spacial score (nSPS) is 12.3. The first-order valence-electron chi connectivity index (χ1n) is 5.73. The molecule has 0 fully saturated rings. The molecule has 0 aromatic carbocycles. The molecule has 0 spiro atoms. The number of rotatable bonds is 7. The molecule has 7 heteroatoms. The Balaban J connectivity index is 3.81. The van der Waals surface area contributed by atoms with Gasteiger partial charge in [-0.25, -0.2) is 9.59 Å². The quantitative estimate of drug-likeness (QED) is 0.296. The van der Waals surface area contributed by atoms with Crippen LogP contribution in [0, 0.1) is 5.92 Å². The summed E-state index contributed by atoms with van der Waals surface area (Å²) in [6.45, 7) is 3.39. The maximum Gasteiger partial charge on any atom is 0.331 e. The highest BCUT2D eigenvalue weighted by Gasteiger charge is 2.18. The SMILES string of the molecule is COC(=O)C=CC(=O)OCCOC(=O)[C@@H](N)C(C)C. The topological polar surface area (TPSA) is 105 Å². The van der Waals surface area contributed by atoms with E-state index < -0.39 is 23.9 Å². The smallest absolute Gasteiger partial charge is 0.331 e. The van der Waals surface area contributed by atoms with Crippen molar-refractivity contribution in [3.05, 3.63) is 12.2 Å². The van der Waals surface area contributed by atoms with Crippen LogP contribution < -0.4 is 5.73 Å². The van der Waals surface area contributed by atoms with Gasteiger partial charge in [-0.05, 0) is 5.92 Å². The van der Waals surface area contributed by atoms with E-state index >= 15 is 0 Å². The highest BCUT2D eigenvalue weighted by atomic mass is 16.6. The van der Waals surface area contributed by atoms with Crippen LogP contribution >= 0.6 is 0 Å². The maximum absolute atomic E-state index is 11.3. The molecule has 19 heavy (non-hydrogen) atoms. The van der Waals surface area contributed by atoms with E-state index in [4.69, 9.17) is 10.5 Å². The fourth-order valence-electron chi connectivity index (χ4n) is 0.905. The second kappa shape index (κ2) is 9.09. The molecule has 0 amide bonds. The van der Waals surface area contributed by atoms with Gasteiger partial charge in [0.1, 0.15) is 19.3 Å². The van der Waals surface area contributed by atoms with Crippen molar-refractivity contribution in [1.82, 2.24) is 0 Å². The summed E-state index contributed by atoms with van der Waals surface area (Å²) in [5.41, 5.74) is 5.55. The summed E-state index contributed by atoms with van der Waals surface area (Å²) < 4.78 is 13.8. The minimum atomic E-state index is -0.727. The van der Waals surface area contributed by atoms with Crippen molar-refractivity contribution in [3.63, 3.8) is 0 Å². The van der Waals surface area contributed by atoms with Crippen LogP contribution in [0.3, 0.4) is 0 Å². The number of esters is 3. The van der Waals surface area contributed by atoms with Gasteiger partial charge in [-0.1, -0.05) is 13.8 Å². The van der Waals surface area contributed by atoms with Crippen LogP contribution in [-0.4, -0.2) is 44.3 Å². The molecule has 0 unspecified atom stereocenters. The Hall–Kier alpha value is -1.89. The number of carbonyl (C=O) groups excluding carboxylic acids is 3. The van der Waals surface area contributed by atoms with Gasteiger partial charge >= 0.3 is 17.9 Å². The van der Waals surface area contributed by atoms with Gasteiger partial charge in [0.25, 0.3) is 0 Å². The largest absolute Gasteiger partial charge is 0.466 e. The second-order valence-corrected chi connectivity index (χ2v) is 3.96. The van der Waals surface area contributed by atoms with Crippen molar-refractivity contribution in [2.24, 2.45) is 11.7 Å². The van der Waals surface area contributed by atoms with Gasteiger partial charge < -0.3 is 19.9 Å². The van der Waals surface area contributed by atoms with Gasteiger partial charge in [0, 0.05) is 12.2 Å². The first-order valence-corrected chi connectivity index (χ1v) is 5.73. The number of nitrogens with two attached hydrogens (primary N) is 1. The summed E-state index contributed by atoms with van der Waals surface area (Å²) >= 11 is 0. The fraction of sp³-hybridized carbons (Fsp3) is 0.583. The highest BCUT2D eigenvalue weighted by molar-refractivity contribution is 5.91. The first-order chi connectivity index (χ1) is 8.88.